The van der Waals surface area contributed by atoms with Gasteiger partial charge in [0.05, 0.1) is 10.6 Å². The predicted octanol–water partition coefficient (Wildman–Crippen LogP) is 3.45. The first-order chi connectivity index (χ1) is 8.47. The van der Waals surface area contributed by atoms with E-state index < -0.39 is 15.7 Å². The molecule has 2 rings (SSSR count). The molecule has 0 aromatic heterocycles. The summed E-state index contributed by atoms with van der Waals surface area (Å²) in [5.74, 6) is -0.736. The van der Waals surface area contributed by atoms with E-state index in [0.29, 0.717) is 10.6 Å². The van der Waals surface area contributed by atoms with Crippen molar-refractivity contribution >= 4 is 21.4 Å². The highest BCUT2D eigenvalue weighted by atomic mass is 35.5. The minimum Gasteiger partial charge on any atom is -0.223 e. The summed E-state index contributed by atoms with van der Waals surface area (Å²) in [5.41, 5.74) is 0.615. The predicted molar refractivity (Wildman–Crippen MR) is 68.7 cm³/mol. The summed E-state index contributed by atoms with van der Waals surface area (Å²) in [6.45, 7) is 0. The van der Waals surface area contributed by atoms with E-state index in [1.54, 1.807) is 24.3 Å². The zero-order valence-corrected chi connectivity index (χ0v) is 10.9. The normalized spacial score (nSPS) is 11.4. The SMILES string of the molecule is O=S(=O)(Cc1ccc(Cl)cc1)c1cccc(F)c1. The third kappa shape index (κ3) is 3.09. The first kappa shape index (κ1) is 13.1. The van der Waals surface area contributed by atoms with Gasteiger partial charge in [-0.1, -0.05) is 29.8 Å². The van der Waals surface area contributed by atoms with Crippen molar-refractivity contribution in [3.8, 4) is 0 Å². The smallest absolute Gasteiger partial charge is 0.182 e. The van der Waals surface area contributed by atoms with Crippen molar-refractivity contribution in [2.24, 2.45) is 0 Å². The number of hydrogen-bond acceptors (Lipinski definition) is 2. The molecular formula is C13H10ClFO2S. The monoisotopic (exact) mass is 284 g/mol. The maximum absolute atomic E-state index is 13.0. The van der Waals surface area contributed by atoms with Gasteiger partial charge in [0.25, 0.3) is 0 Å². The van der Waals surface area contributed by atoms with Crippen LogP contribution in [0.2, 0.25) is 5.02 Å². The Morgan fingerprint density at radius 3 is 2.33 bits per heavy atom. The Hall–Kier alpha value is -1.39. The summed E-state index contributed by atoms with van der Waals surface area (Å²) in [6.07, 6.45) is 0. The summed E-state index contributed by atoms with van der Waals surface area (Å²) >= 11 is 5.72. The molecule has 0 unspecified atom stereocenters. The molecule has 0 saturated carbocycles. The largest absolute Gasteiger partial charge is 0.223 e. The molecule has 94 valence electrons. The molecule has 0 heterocycles. The molecule has 0 atom stereocenters. The number of hydrogen-bond donors (Lipinski definition) is 0. The third-order valence-electron chi connectivity index (χ3n) is 2.43. The Morgan fingerprint density at radius 2 is 1.72 bits per heavy atom. The van der Waals surface area contributed by atoms with Crippen molar-refractivity contribution in [2.45, 2.75) is 10.6 Å². The van der Waals surface area contributed by atoms with Gasteiger partial charge in [-0.2, -0.15) is 0 Å². The third-order valence-corrected chi connectivity index (χ3v) is 4.36. The van der Waals surface area contributed by atoms with Crippen LogP contribution < -0.4 is 0 Å². The van der Waals surface area contributed by atoms with Crippen molar-refractivity contribution in [1.29, 1.82) is 0 Å². The zero-order chi connectivity index (χ0) is 13.2. The second kappa shape index (κ2) is 5.08. The van der Waals surface area contributed by atoms with Crippen LogP contribution in [0.25, 0.3) is 0 Å². The average molecular weight is 285 g/mol. The lowest BCUT2D eigenvalue weighted by molar-refractivity contribution is 0.590. The maximum atomic E-state index is 13.0. The van der Waals surface area contributed by atoms with Crippen LogP contribution in [0.3, 0.4) is 0 Å². The summed E-state index contributed by atoms with van der Waals surface area (Å²) in [7, 11) is -3.53. The van der Waals surface area contributed by atoms with Gasteiger partial charge in [-0.05, 0) is 35.9 Å². The lowest BCUT2D eigenvalue weighted by Gasteiger charge is -2.05. The number of halogens is 2. The van der Waals surface area contributed by atoms with Gasteiger partial charge in [-0.3, -0.25) is 0 Å². The Kier molecular flexibility index (Phi) is 3.68. The van der Waals surface area contributed by atoms with Crippen LogP contribution in [0.1, 0.15) is 5.56 Å². The molecule has 0 aliphatic rings. The molecule has 0 N–H and O–H groups in total. The molecule has 0 spiro atoms. The molecule has 2 aromatic carbocycles. The van der Waals surface area contributed by atoms with E-state index in [1.165, 1.54) is 18.2 Å². The minimum absolute atomic E-state index is 0.0162. The molecule has 2 aromatic rings. The first-order valence-electron chi connectivity index (χ1n) is 5.20. The van der Waals surface area contributed by atoms with Crippen LogP contribution in [0.15, 0.2) is 53.4 Å². The van der Waals surface area contributed by atoms with Crippen molar-refractivity contribution in [2.75, 3.05) is 0 Å². The van der Waals surface area contributed by atoms with Gasteiger partial charge in [0, 0.05) is 5.02 Å². The fourth-order valence-corrected chi connectivity index (χ4v) is 3.05. The van der Waals surface area contributed by atoms with Crippen LogP contribution in [0.4, 0.5) is 4.39 Å². The van der Waals surface area contributed by atoms with E-state index in [2.05, 4.69) is 0 Å². The van der Waals surface area contributed by atoms with Crippen LogP contribution in [-0.4, -0.2) is 8.42 Å². The molecule has 0 bridgehead atoms. The van der Waals surface area contributed by atoms with Crippen molar-refractivity contribution in [3.63, 3.8) is 0 Å². The Bertz CT molecular complexity index is 651. The van der Waals surface area contributed by atoms with E-state index in [0.717, 1.165) is 6.07 Å². The number of rotatable bonds is 3. The molecule has 18 heavy (non-hydrogen) atoms. The summed E-state index contributed by atoms with van der Waals surface area (Å²) in [5, 5.41) is 0.543. The molecule has 5 heteroatoms. The zero-order valence-electron chi connectivity index (χ0n) is 9.31. The van der Waals surface area contributed by atoms with E-state index >= 15 is 0 Å². The van der Waals surface area contributed by atoms with Crippen LogP contribution >= 0.6 is 11.6 Å². The minimum atomic E-state index is -3.53. The highest BCUT2D eigenvalue weighted by Gasteiger charge is 2.15. The van der Waals surface area contributed by atoms with Crippen LogP contribution in [0.5, 0.6) is 0 Å². The average Bonchev–Trinajstić information content (AvgIpc) is 2.32. The van der Waals surface area contributed by atoms with Crippen LogP contribution in [-0.2, 0) is 15.6 Å². The number of sulfone groups is 1. The summed E-state index contributed by atoms with van der Waals surface area (Å²) in [6, 6.07) is 11.5. The van der Waals surface area contributed by atoms with E-state index in [-0.39, 0.29) is 10.6 Å². The molecule has 0 aliphatic heterocycles. The fraction of sp³-hybridized carbons (Fsp3) is 0.0769. The first-order valence-corrected chi connectivity index (χ1v) is 7.23. The lowest BCUT2D eigenvalue weighted by atomic mass is 10.2. The molecule has 0 fully saturated rings. The second-order valence-corrected chi connectivity index (χ2v) is 6.27. The van der Waals surface area contributed by atoms with Gasteiger partial charge in [0.15, 0.2) is 9.84 Å². The van der Waals surface area contributed by atoms with Crippen molar-refractivity contribution < 1.29 is 12.8 Å². The highest BCUT2D eigenvalue weighted by molar-refractivity contribution is 7.90. The molecule has 0 amide bonds. The van der Waals surface area contributed by atoms with E-state index in [1.807, 2.05) is 0 Å². The van der Waals surface area contributed by atoms with Crippen molar-refractivity contribution in [1.82, 2.24) is 0 Å². The second-order valence-electron chi connectivity index (χ2n) is 3.84. The van der Waals surface area contributed by atoms with Gasteiger partial charge >= 0.3 is 0 Å². The molecule has 0 saturated heterocycles. The van der Waals surface area contributed by atoms with E-state index in [9.17, 15) is 12.8 Å². The quantitative estimate of drug-likeness (QED) is 0.865. The van der Waals surface area contributed by atoms with Crippen LogP contribution in [0, 0.1) is 5.82 Å². The Morgan fingerprint density at radius 1 is 1.06 bits per heavy atom. The summed E-state index contributed by atoms with van der Waals surface area (Å²) in [4.78, 5) is -0.0162. The van der Waals surface area contributed by atoms with Gasteiger partial charge < -0.3 is 0 Å². The topological polar surface area (TPSA) is 34.1 Å². The fourth-order valence-electron chi connectivity index (χ4n) is 1.54. The van der Waals surface area contributed by atoms with Gasteiger partial charge in [0.1, 0.15) is 5.82 Å². The number of benzene rings is 2. The Balaban J connectivity index is 2.30. The van der Waals surface area contributed by atoms with Gasteiger partial charge in [-0.25, -0.2) is 12.8 Å². The summed E-state index contributed by atoms with van der Waals surface area (Å²) < 4.78 is 37.1. The van der Waals surface area contributed by atoms with E-state index in [4.69, 9.17) is 11.6 Å². The highest BCUT2D eigenvalue weighted by Crippen LogP contribution is 2.18. The standard InChI is InChI=1S/C13H10ClFO2S/c14-11-6-4-10(5-7-11)9-18(16,17)13-3-1-2-12(15)8-13/h1-8H,9H2. The van der Waals surface area contributed by atoms with Gasteiger partial charge in [0.2, 0.25) is 0 Å². The lowest BCUT2D eigenvalue weighted by Crippen LogP contribution is -2.05. The molecule has 0 radical (unpaired) electrons. The molecule has 2 nitrogen and oxygen atoms in total. The molecular weight excluding hydrogens is 275 g/mol. The van der Waals surface area contributed by atoms with Crippen molar-refractivity contribution in [3.05, 3.63) is 64.9 Å². The molecule has 0 aliphatic carbocycles. The van der Waals surface area contributed by atoms with Gasteiger partial charge in [-0.15, -0.1) is 0 Å². The maximum Gasteiger partial charge on any atom is 0.182 e. The Labute approximate surface area is 110 Å².